The zero-order valence-corrected chi connectivity index (χ0v) is 16.9. The first-order valence-corrected chi connectivity index (χ1v) is 9.55. The van der Waals surface area contributed by atoms with E-state index in [1.54, 1.807) is 19.1 Å². The van der Waals surface area contributed by atoms with Crippen LogP contribution in [-0.2, 0) is 19.6 Å². The first-order valence-electron chi connectivity index (χ1n) is 8.79. The Morgan fingerprint density at radius 2 is 1.59 bits per heavy atom. The molecule has 2 heterocycles. The highest BCUT2D eigenvalue weighted by molar-refractivity contribution is 6.42. The van der Waals surface area contributed by atoms with Crippen LogP contribution in [0.5, 0.6) is 0 Å². The van der Waals surface area contributed by atoms with Crippen LogP contribution < -0.4 is 11.2 Å². The molecule has 3 aromatic rings. The Kier molecular flexibility index (Phi) is 5.58. The van der Waals surface area contributed by atoms with E-state index in [0.29, 0.717) is 46.7 Å². The molecule has 27 heavy (non-hydrogen) atoms. The number of benzene rings is 1. The summed E-state index contributed by atoms with van der Waals surface area (Å²) in [5.74, 6) is 0.603. The Labute approximate surface area is 166 Å². The van der Waals surface area contributed by atoms with Gasteiger partial charge in [-0.05, 0) is 44.5 Å². The van der Waals surface area contributed by atoms with Crippen molar-refractivity contribution < 1.29 is 0 Å². The second-order valence-corrected chi connectivity index (χ2v) is 6.78. The van der Waals surface area contributed by atoms with Crippen molar-refractivity contribution in [3.05, 3.63) is 60.5 Å². The molecule has 0 N–H and O–H groups in total. The summed E-state index contributed by atoms with van der Waals surface area (Å²) in [4.78, 5) is 30.0. The number of aryl methyl sites for hydroxylation is 2. The maximum absolute atomic E-state index is 12.8. The molecule has 142 valence electrons. The van der Waals surface area contributed by atoms with Gasteiger partial charge in [-0.15, -0.1) is 0 Å². The molecule has 0 radical (unpaired) electrons. The summed E-state index contributed by atoms with van der Waals surface area (Å²) in [7, 11) is 0. The SMILES string of the molecule is CCn1c(=O)c2c(nc(/C=C/c3ccc(Cl)c(Cl)c3)n2CC)n(CC)c1=O. The Bertz CT molecular complexity index is 1160. The number of fused-ring (bicyclic) bond motifs is 1. The van der Waals surface area contributed by atoms with Crippen LogP contribution in [0.4, 0.5) is 0 Å². The van der Waals surface area contributed by atoms with Gasteiger partial charge in [-0.1, -0.05) is 35.3 Å². The third kappa shape index (κ3) is 3.35. The molecule has 0 saturated heterocycles. The van der Waals surface area contributed by atoms with E-state index in [1.807, 2.05) is 36.6 Å². The fourth-order valence-corrected chi connectivity index (χ4v) is 3.41. The predicted octanol–water partition coefficient (Wildman–Crippen LogP) is 3.90. The van der Waals surface area contributed by atoms with E-state index in [0.717, 1.165) is 5.56 Å². The predicted molar refractivity (Wildman–Crippen MR) is 111 cm³/mol. The van der Waals surface area contributed by atoms with Gasteiger partial charge in [0.25, 0.3) is 5.56 Å². The second kappa shape index (κ2) is 7.74. The van der Waals surface area contributed by atoms with Gasteiger partial charge in [0.2, 0.25) is 0 Å². The number of halogens is 2. The quantitative estimate of drug-likeness (QED) is 0.645. The van der Waals surface area contributed by atoms with E-state index < -0.39 is 0 Å². The fourth-order valence-electron chi connectivity index (χ4n) is 3.11. The topological polar surface area (TPSA) is 61.8 Å². The van der Waals surface area contributed by atoms with Gasteiger partial charge in [0, 0.05) is 19.6 Å². The normalized spacial score (nSPS) is 11.7. The van der Waals surface area contributed by atoms with Crippen LogP contribution in [0.25, 0.3) is 23.3 Å². The van der Waals surface area contributed by atoms with E-state index in [9.17, 15) is 9.59 Å². The summed E-state index contributed by atoms with van der Waals surface area (Å²) in [6.07, 6.45) is 3.66. The van der Waals surface area contributed by atoms with E-state index >= 15 is 0 Å². The average Bonchev–Trinajstić information content (AvgIpc) is 3.02. The highest BCUT2D eigenvalue weighted by atomic mass is 35.5. The summed E-state index contributed by atoms with van der Waals surface area (Å²) >= 11 is 12.0. The van der Waals surface area contributed by atoms with Gasteiger partial charge in [0.1, 0.15) is 5.82 Å². The van der Waals surface area contributed by atoms with Crippen LogP contribution in [0.2, 0.25) is 10.0 Å². The zero-order chi connectivity index (χ0) is 19.7. The Morgan fingerprint density at radius 1 is 0.926 bits per heavy atom. The Balaban J connectivity index is 2.23. The van der Waals surface area contributed by atoms with Gasteiger partial charge in [0.15, 0.2) is 11.2 Å². The second-order valence-electron chi connectivity index (χ2n) is 5.97. The van der Waals surface area contributed by atoms with Gasteiger partial charge in [0.05, 0.1) is 10.0 Å². The minimum Gasteiger partial charge on any atom is -0.319 e. The van der Waals surface area contributed by atoms with Crippen LogP contribution in [0.3, 0.4) is 0 Å². The maximum Gasteiger partial charge on any atom is 0.332 e. The molecule has 0 amide bonds. The standard InChI is InChI=1S/C19H20Cl2N4O2/c1-4-23-15(10-8-12-7-9-13(20)14(21)11-12)22-17-16(23)18(26)25(6-3)19(27)24(17)5-2/h7-11H,4-6H2,1-3H3/b10-8+. The summed E-state index contributed by atoms with van der Waals surface area (Å²) in [6, 6.07) is 5.32. The number of rotatable bonds is 5. The zero-order valence-electron chi connectivity index (χ0n) is 15.4. The third-order valence-corrected chi connectivity index (χ3v) is 5.20. The Hall–Kier alpha value is -2.31. The first kappa shape index (κ1) is 19.5. The highest BCUT2D eigenvalue weighted by Gasteiger charge is 2.18. The minimum absolute atomic E-state index is 0.314. The molecular weight excluding hydrogens is 387 g/mol. The van der Waals surface area contributed by atoms with Gasteiger partial charge in [-0.2, -0.15) is 0 Å². The van der Waals surface area contributed by atoms with E-state index in [-0.39, 0.29) is 11.2 Å². The summed E-state index contributed by atoms with van der Waals surface area (Å²) in [6.45, 7) is 6.89. The van der Waals surface area contributed by atoms with Crippen molar-refractivity contribution in [2.45, 2.75) is 40.4 Å². The molecule has 0 bridgehead atoms. The lowest BCUT2D eigenvalue weighted by molar-refractivity contribution is 0.603. The van der Waals surface area contributed by atoms with Gasteiger partial charge in [-0.3, -0.25) is 13.9 Å². The lowest BCUT2D eigenvalue weighted by Gasteiger charge is -2.09. The molecule has 0 fully saturated rings. The fraction of sp³-hybridized carbons (Fsp3) is 0.316. The molecule has 2 aromatic heterocycles. The lowest BCUT2D eigenvalue weighted by Crippen LogP contribution is -2.40. The minimum atomic E-state index is -0.335. The first-order chi connectivity index (χ1) is 12.9. The Morgan fingerprint density at radius 3 is 2.19 bits per heavy atom. The average molecular weight is 407 g/mol. The number of hydrogen-bond donors (Lipinski definition) is 0. The van der Waals surface area contributed by atoms with Crippen LogP contribution in [-0.4, -0.2) is 18.7 Å². The molecule has 6 nitrogen and oxygen atoms in total. The van der Waals surface area contributed by atoms with Crippen LogP contribution in [0.1, 0.15) is 32.2 Å². The van der Waals surface area contributed by atoms with Crippen molar-refractivity contribution in [3.8, 4) is 0 Å². The number of nitrogens with zero attached hydrogens (tertiary/aromatic N) is 4. The molecule has 0 atom stereocenters. The van der Waals surface area contributed by atoms with Gasteiger partial charge < -0.3 is 4.57 Å². The van der Waals surface area contributed by atoms with E-state index in [1.165, 1.54) is 9.13 Å². The molecule has 8 heteroatoms. The van der Waals surface area contributed by atoms with E-state index in [2.05, 4.69) is 4.98 Å². The molecular formula is C19H20Cl2N4O2. The molecule has 0 unspecified atom stereocenters. The largest absolute Gasteiger partial charge is 0.332 e. The van der Waals surface area contributed by atoms with Crippen molar-refractivity contribution in [2.75, 3.05) is 0 Å². The van der Waals surface area contributed by atoms with E-state index in [4.69, 9.17) is 23.2 Å². The lowest BCUT2D eigenvalue weighted by atomic mass is 10.2. The number of aromatic nitrogens is 4. The maximum atomic E-state index is 12.8. The van der Waals surface area contributed by atoms with Crippen molar-refractivity contribution in [1.29, 1.82) is 0 Å². The number of hydrogen-bond acceptors (Lipinski definition) is 3. The molecule has 0 spiro atoms. The van der Waals surface area contributed by atoms with Crippen molar-refractivity contribution in [1.82, 2.24) is 18.7 Å². The molecule has 0 aliphatic rings. The molecule has 0 aliphatic carbocycles. The summed E-state index contributed by atoms with van der Waals surface area (Å²) in [5, 5.41) is 0.954. The summed E-state index contributed by atoms with van der Waals surface area (Å²) in [5.41, 5.74) is 1.06. The van der Waals surface area contributed by atoms with Crippen LogP contribution >= 0.6 is 23.2 Å². The van der Waals surface area contributed by atoms with Gasteiger partial charge in [-0.25, -0.2) is 9.78 Å². The molecule has 3 rings (SSSR count). The third-order valence-electron chi connectivity index (χ3n) is 4.46. The molecule has 1 aromatic carbocycles. The molecule has 0 saturated carbocycles. The van der Waals surface area contributed by atoms with Crippen molar-refractivity contribution in [2.24, 2.45) is 0 Å². The highest BCUT2D eigenvalue weighted by Crippen LogP contribution is 2.23. The monoisotopic (exact) mass is 406 g/mol. The molecule has 0 aliphatic heterocycles. The van der Waals surface area contributed by atoms with Crippen LogP contribution in [0, 0.1) is 0 Å². The van der Waals surface area contributed by atoms with Crippen LogP contribution in [0.15, 0.2) is 27.8 Å². The number of imidazole rings is 1. The van der Waals surface area contributed by atoms with Crippen molar-refractivity contribution in [3.63, 3.8) is 0 Å². The van der Waals surface area contributed by atoms with Crippen molar-refractivity contribution >= 4 is 46.5 Å². The summed E-state index contributed by atoms with van der Waals surface area (Å²) < 4.78 is 4.60. The smallest absolute Gasteiger partial charge is 0.319 e. The van der Waals surface area contributed by atoms with Gasteiger partial charge >= 0.3 is 5.69 Å².